The van der Waals surface area contributed by atoms with Gasteiger partial charge in [-0.15, -0.1) is 0 Å². The van der Waals surface area contributed by atoms with Crippen LogP contribution < -0.4 is 10.6 Å². The number of methoxy groups -OCH3 is 4. The van der Waals surface area contributed by atoms with Crippen LogP contribution in [0.15, 0.2) is 121 Å². The second kappa shape index (κ2) is 21.2. The first-order valence-corrected chi connectivity index (χ1v) is 16.7. The molecule has 5 aromatic carbocycles. The predicted octanol–water partition coefficient (Wildman–Crippen LogP) is 7.54. The molecule has 0 aliphatic rings. The van der Waals surface area contributed by atoms with Crippen molar-refractivity contribution in [3.05, 3.63) is 153 Å². The van der Waals surface area contributed by atoms with Crippen LogP contribution in [0.1, 0.15) is 47.0 Å². The molecule has 0 saturated heterocycles. The summed E-state index contributed by atoms with van der Waals surface area (Å²) in [6, 6.07) is 35.1. The Kier molecular flexibility index (Phi) is 16.5. The summed E-state index contributed by atoms with van der Waals surface area (Å²) in [5.74, 6) is -1.74. The average Bonchev–Trinajstić information content (AvgIpc) is 3.20. The quantitative estimate of drug-likeness (QED) is 0.0485. The Labute approximate surface area is 320 Å². The maximum absolute atomic E-state index is 12.5. The number of ether oxygens (including phenoxy) is 5. The Morgan fingerprint density at radius 3 is 1.40 bits per heavy atom. The van der Waals surface area contributed by atoms with Gasteiger partial charge in [0.2, 0.25) is 0 Å². The predicted molar refractivity (Wildman–Crippen MR) is 207 cm³/mol. The van der Waals surface area contributed by atoms with Gasteiger partial charge in [0, 0.05) is 14.8 Å². The molecule has 0 bridgehead atoms. The van der Waals surface area contributed by atoms with Crippen LogP contribution in [0.3, 0.4) is 0 Å². The SMILES string of the molecule is COC(=O)c1ccccc1I.COC(=O)c1ccccc1N.COC(=O)c1ccccc1N(c1ccccc1COC=O)c1ccccc1C(=O)OC. The standard InChI is InChI=1S/C24H21NO6.C8H7IO2.C8H9NO2/c1-29-23(27)18-10-4-7-13-21(18)25(20-12-6-3-9-17(20)15-31-16-26)22-14-8-5-11-19(22)24(28)30-2;2*1-11-8(10)6-4-2-3-5-7(6)9/h3-14,16H,15H2,1-2H3;2-5H,1H3;2-5H,9H2,1H3. The number of hydrogen-bond acceptors (Lipinski definition) is 12. The number of carbonyl (C=O) groups is 5. The van der Waals surface area contributed by atoms with E-state index >= 15 is 0 Å². The molecule has 5 aromatic rings. The Hall–Kier alpha value is -6.22. The lowest BCUT2D eigenvalue weighted by molar-refractivity contribution is -0.129. The molecule has 0 saturated carbocycles. The van der Waals surface area contributed by atoms with Crippen LogP contribution in [0.5, 0.6) is 0 Å². The zero-order valence-corrected chi connectivity index (χ0v) is 31.5. The van der Waals surface area contributed by atoms with Gasteiger partial charge in [-0.1, -0.05) is 66.7 Å². The van der Waals surface area contributed by atoms with Crippen LogP contribution in [-0.2, 0) is 35.1 Å². The molecule has 0 aliphatic heterocycles. The second-order valence-corrected chi connectivity index (χ2v) is 11.6. The zero-order valence-electron chi connectivity index (χ0n) is 29.3. The van der Waals surface area contributed by atoms with Gasteiger partial charge in [0.05, 0.1) is 67.8 Å². The number of halogens is 1. The van der Waals surface area contributed by atoms with E-state index in [4.69, 9.17) is 19.9 Å². The van der Waals surface area contributed by atoms with Gasteiger partial charge in [-0.05, 0) is 77.2 Å². The summed E-state index contributed by atoms with van der Waals surface area (Å²) in [5.41, 5.74) is 9.85. The number of anilines is 4. The highest BCUT2D eigenvalue weighted by atomic mass is 127. The van der Waals surface area contributed by atoms with Crippen molar-refractivity contribution in [2.45, 2.75) is 6.61 Å². The fourth-order valence-corrected chi connectivity index (χ4v) is 5.40. The molecule has 0 heterocycles. The first-order chi connectivity index (χ1) is 25.6. The number of nitrogens with two attached hydrogens (primary N) is 1. The Morgan fingerprint density at radius 1 is 0.547 bits per heavy atom. The highest BCUT2D eigenvalue weighted by molar-refractivity contribution is 14.1. The van der Waals surface area contributed by atoms with E-state index in [2.05, 4.69) is 32.1 Å². The molecule has 0 fully saturated rings. The van der Waals surface area contributed by atoms with Crippen LogP contribution in [0.4, 0.5) is 22.7 Å². The number of benzene rings is 5. The van der Waals surface area contributed by atoms with Gasteiger partial charge >= 0.3 is 23.9 Å². The van der Waals surface area contributed by atoms with Crippen molar-refractivity contribution in [1.82, 2.24) is 0 Å². The number of carbonyl (C=O) groups excluding carboxylic acids is 5. The van der Waals surface area contributed by atoms with Crippen molar-refractivity contribution in [3.63, 3.8) is 0 Å². The first kappa shape index (κ1) is 41.2. The summed E-state index contributed by atoms with van der Waals surface area (Å²) >= 11 is 2.10. The molecule has 2 N–H and O–H groups in total. The molecule has 13 heteroatoms. The van der Waals surface area contributed by atoms with Crippen molar-refractivity contribution in [2.75, 3.05) is 39.1 Å². The highest BCUT2D eigenvalue weighted by Gasteiger charge is 2.25. The van der Waals surface area contributed by atoms with Crippen LogP contribution in [0.25, 0.3) is 0 Å². The molecule has 0 aromatic heterocycles. The minimum Gasteiger partial charge on any atom is -0.465 e. The van der Waals surface area contributed by atoms with Gasteiger partial charge < -0.3 is 34.3 Å². The third kappa shape index (κ3) is 11.1. The molecule has 0 unspecified atom stereocenters. The summed E-state index contributed by atoms with van der Waals surface area (Å²) in [6.45, 7) is 0.378. The largest absolute Gasteiger partial charge is 0.465 e. The molecule has 0 atom stereocenters. The molecule has 0 amide bonds. The highest BCUT2D eigenvalue weighted by Crippen LogP contribution is 2.40. The van der Waals surface area contributed by atoms with Crippen LogP contribution in [0, 0.1) is 3.57 Å². The fourth-order valence-electron chi connectivity index (χ4n) is 4.80. The number of rotatable bonds is 10. The third-order valence-corrected chi connectivity index (χ3v) is 8.23. The molecule has 53 heavy (non-hydrogen) atoms. The minimum absolute atomic E-state index is 0.0109. The van der Waals surface area contributed by atoms with E-state index in [1.165, 1.54) is 28.4 Å². The summed E-state index contributed by atoms with van der Waals surface area (Å²) in [5, 5.41) is 0. The van der Waals surface area contributed by atoms with Gasteiger partial charge in [-0.25, -0.2) is 19.2 Å². The number of esters is 4. The lowest BCUT2D eigenvalue weighted by atomic mass is 10.0. The first-order valence-electron chi connectivity index (χ1n) is 15.7. The number of hydrogen-bond donors (Lipinski definition) is 1. The maximum atomic E-state index is 12.5. The van der Waals surface area contributed by atoms with E-state index in [0.29, 0.717) is 57.0 Å². The number of nitrogen functional groups attached to an aromatic ring is 1. The van der Waals surface area contributed by atoms with Crippen LogP contribution in [0.2, 0.25) is 0 Å². The molecule has 12 nitrogen and oxygen atoms in total. The lowest BCUT2D eigenvalue weighted by Crippen LogP contribution is -2.19. The normalized spacial score (nSPS) is 9.75. The molecule has 0 spiro atoms. The Morgan fingerprint density at radius 2 is 0.925 bits per heavy atom. The van der Waals surface area contributed by atoms with E-state index in [0.717, 1.165) is 3.57 Å². The van der Waals surface area contributed by atoms with Crippen molar-refractivity contribution >= 4 is 75.7 Å². The van der Waals surface area contributed by atoms with Crippen LogP contribution >= 0.6 is 22.6 Å². The lowest BCUT2D eigenvalue weighted by Gasteiger charge is -2.30. The molecule has 274 valence electrons. The van der Waals surface area contributed by atoms with Gasteiger partial charge in [0.15, 0.2) is 0 Å². The molecule has 0 aliphatic carbocycles. The van der Waals surface area contributed by atoms with E-state index in [-0.39, 0.29) is 12.6 Å². The summed E-state index contributed by atoms with van der Waals surface area (Å²) < 4.78 is 24.9. The van der Waals surface area contributed by atoms with Gasteiger partial charge in [-0.3, -0.25) is 4.79 Å². The smallest absolute Gasteiger partial charge is 0.339 e. The average molecular weight is 833 g/mol. The van der Waals surface area contributed by atoms with Crippen molar-refractivity contribution in [3.8, 4) is 0 Å². The maximum Gasteiger partial charge on any atom is 0.339 e. The molecule has 5 rings (SSSR count). The summed E-state index contributed by atoms with van der Waals surface area (Å²) in [4.78, 5) is 59.5. The van der Waals surface area contributed by atoms with Crippen molar-refractivity contribution in [1.29, 1.82) is 0 Å². The van der Waals surface area contributed by atoms with Gasteiger partial charge in [0.1, 0.15) is 6.61 Å². The Balaban J connectivity index is 0.000000278. The van der Waals surface area contributed by atoms with Crippen LogP contribution in [-0.4, -0.2) is 58.8 Å². The molecule has 0 radical (unpaired) electrons. The molecular weight excluding hydrogens is 795 g/mol. The topological polar surface area (TPSA) is 161 Å². The minimum atomic E-state index is -0.530. The third-order valence-electron chi connectivity index (χ3n) is 7.29. The monoisotopic (exact) mass is 832 g/mol. The molecular formula is C40H37IN2O10. The van der Waals surface area contributed by atoms with Gasteiger partial charge in [0.25, 0.3) is 6.47 Å². The van der Waals surface area contributed by atoms with E-state index in [9.17, 15) is 24.0 Å². The summed E-state index contributed by atoms with van der Waals surface area (Å²) in [6.07, 6.45) is 0. The number of para-hydroxylation sites is 4. The zero-order chi connectivity index (χ0) is 38.8. The van der Waals surface area contributed by atoms with Crippen molar-refractivity contribution in [2.24, 2.45) is 0 Å². The van der Waals surface area contributed by atoms with Crippen molar-refractivity contribution < 1.29 is 47.7 Å². The van der Waals surface area contributed by atoms with Gasteiger partial charge in [-0.2, -0.15) is 0 Å². The van der Waals surface area contributed by atoms with E-state index in [1.54, 1.807) is 89.8 Å². The summed E-state index contributed by atoms with van der Waals surface area (Å²) in [7, 11) is 5.32. The Bertz CT molecular complexity index is 1920. The number of nitrogens with zero attached hydrogens (tertiary/aromatic N) is 1. The van der Waals surface area contributed by atoms with E-state index in [1.807, 2.05) is 36.4 Å². The fraction of sp³-hybridized carbons (Fsp3) is 0.125. The second-order valence-electron chi connectivity index (χ2n) is 10.4. The van der Waals surface area contributed by atoms with E-state index < -0.39 is 17.9 Å².